The highest BCUT2D eigenvalue weighted by Crippen LogP contribution is 2.61. The Labute approximate surface area is 371 Å². The minimum absolute atomic E-state index is 0.0632. The van der Waals surface area contributed by atoms with Gasteiger partial charge in [-0.3, -0.25) is 0 Å². The van der Waals surface area contributed by atoms with Gasteiger partial charge in [0.2, 0.25) is 0 Å². The first-order chi connectivity index (χ1) is 30.4. The highest BCUT2D eigenvalue weighted by atomic mass is 127. The molecule has 2 N–H and O–H groups in total. The number of benzene rings is 4. The maximum atomic E-state index is 17.0. The summed E-state index contributed by atoms with van der Waals surface area (Å²) in [7, 11) is 0. The molecule has 64 heavy (non-hydrogen) atoms. The number of rotatable bonds is 9. The van der Waals surface area contributed by atoms with Crippen LogP contribution in [0.15, 0.2) is 140 Å². The molecule has 0 atom stereocenters. The van der Waals surface area contributed by atoms with Crippen molar-refractivity contribution in [2.75, 3.05) is 0 Å². The quantitative estimate of drug-likeness (QED) is 0.0860. The zero-order chi connectivity index (χ0) is 45.2. The highest BCUT2D eigenvalue weighted by Gasteiger charge is 2.86. The Hall–Kier alpha value is -6.49. The fraction of sp³-hybridized carbons (Fsp3) is 0.102. The minimum atomic E-state index is -7.30. The van der Waals surface area contributed by atoms with E-state index in [0.29, 0.717) is 45.2 Å². The standard InChI is InChI=1S/C49H29F10IN4/c50-45(51,46(52,53)47(54,55)48(56,57)49(58,59)60)32-27-39-42(30-17-9-3-10-18-30)37-24-23-35(62-37)40(28-13-5-1-6-14-28)33-21-22-34(61-33)41(29-15-7-2-8-16-29)36-25-26-38(63-36)43(44(32)64-39)31-19-11-4-12-20-31/h1-27,62,64H. The molecular weight excluding hydrogens is 961 g/mol. The van der Waals surface area contributed by atoms with E-state index in [0.717, 1.165) is 5.56 Å². The fourth-order valence-corrected chi connectivity index (χ4v) is 8.25. The van der Waals surface area contributed by atoms with Crippen LogP contribution in [0.5, 0.6) is 0 Å². The molecule has 9 rings (SSSR count). The number of hydrogen-bond acceptors (Lipinski definition) is 2. The maximum Gasteiger partial charge on any atom is 0.387 e. The summed E-state index contributed by atoms with van der Waals surface area (Å²) in [5.41, 5.74) is 1.18. The zero-order valence-electron chi connectivity index (χ0n) is 32.6. The van der Waals surface area contributed by atoms with Crippen LogP contribution in [0.1, 0.15) is 28.3 Å². The van der Waals surface area contributed by atoms with Gasteiger partial charge in [-0.15, -0.1) is 0 Å². The molecule has 0 radical (unpaired) electrons. The van der Waals surface area contributed by atoms with Gasteiger partial charge in [0.25, 0.3) is 0 Å². The lowest BCUT2D eigenvalue weighted by atomic mass is 9.91. The number of nitrogens with one attached hydrogen (secondary N) is 2. The molecule has 3 aromatic heterocycles. The third kappa shape index (κ3) is 6.91. The van der Waals surface area contributed by atoms with Crippen molar-refractivity contribution in [1.82, 2.24) is 19.9 Å². The van der Waals surface area contributed by atoms with Gasteiger partial charge in [0.05, 0.1) is 33.9 Å². The number of nitrogens with zero attached hydrogens (tertiary/aromatic N) is 2. The van der Waals surface area contributed by atoms with Crippen LogP contribution in [0.2, 0.25) is 0 Å². The lowest BCUT2D eigenvalue weighted by Crippen LogP contribution is -2.65. The summed E-state index contributed by atoms with van der Waals surface area (Å²) in [5.74, 6) is -27.6. The van der Waals surface area contributed by atoms with Gasteiger partial charge < -0.3 is 9.97 Å². The summed E-state index contributed by atoms with van der Waals surface area (Å²) >= 11 is -0.463. The molecule has 2 aliphatic rings. The predicted octanol–water partition coefficient (Wildman–Crippen LogP) is 15.3. The molecule has 322 valence electrons. The van der Waals surface area contributed by atoms with Gasteiger partial charge in [0, 0.05) is 61.4 Å². The van der Waals surface area contributed by atoms with Gasteiger partial charge in [-0.1, -0.05) is 121 Å². The average molecular weight is 991 g/mol. The maximum absolute atomic E-state index is 17.0. The molecular formula is C49H29F10IN4. The molecule has 2 aliphatic heterocycles. The largest absolute Gasteiger partial charge is 0.387 e. The van der Waals surface area contributed by atoms with E-state index in [1.54, 1.807) is 91.0 Å². The van der Waals surface area contributed by atoms with Crippen molar-refractivity contribution >= 4 is 69.0 Å². The normalized spacial score (nSPS) is 13.4. The number of alkyl halides is 11. The predicted molar refractivity (Wildman–Crippen MR) is 238 cm³/mol. The van der Waals surface area contributed by atoms with Crippen LogP contribution in [0.25, 0.3) is 90.9 Å². The SMILES string of the molecule is FC(F)(I)C(F)(F)C(F)(F)C(F)(F)C(F)(F)c1cc2[nH]c1c(-c1ccccc1)c1nc(c(-c3ccccc3)c3nc(c(-c4ccccc4)c4ccc([nH]4)c2-c2ccccc2)C=C3)C=C1. The van der Waals surface area contributed by atoms with Crippen LogP contribution < -0.4 is 0 Å². The topological polar surface area (TPSA) is 57.4 Å². The Morgan fingerprint density at radius 1 is 0.375 bits per heavy atom. The van der Waals surface area contributed by atoms with Crippen molar-refractivity contribution in [1.29, 1.82) is 0 Å². The average Bonchev–Trinajstić information content (AvgIpc) is 4.12. The van der Waals surface area contributed by atoms with Crippen molar-refractivity contribution < 1.29 is 43.9 Å². The van der Waals surface area contributed by atoms with Crippen molar-refractivity contribution in [3.63, 3.8) is 0 Å². The Balaban J connectivity index is 1.52. The molecule has 0 saturated heterocycles. The second-order valence-electron chi connectivity index (χ2n) is 14.9. The van der Waals surface area contributed by atoms with Crippen LogP contribution >= 0.6 is 22.6 Å². The number of H-pyrrole nitrogens is 2. The van der Waals surface area contributed by atoms with E-state index in [1.807, 2.05) is 36.4 Å². The number of hydrogen-bond donors (Lipinski definition) is 2. The van der Waals surface area contributed by atoms with E-state index in [1.165, 1.54) is 30.3 Å². The monoisotopic (exact) mass is 990 g/mol. The Morgan fingerprint density at radius 2 is 0.750 bits per heavy atom. The Morgan fingerprint density at radius 3 is 1.20 bits per heavy atom. The first-order valence-corrected chi connectivity index (χ1v) is 20.5. The van der Waals surface area contributed by atoms with Crippen LogP contribution in [-0.4, -0.2) is 41.6 Å². The second-order valence-corrected chi connectivity index (χ2v) is 16.3. The molecule has 0 aliphatic carbocycles. The highest BCUT2D eigenvalue weighted by molar-refractivity contribution is 14.1. The second kappa shape index (κ2) is 15.6. The molecule has 4 nitrogen and oxygen atoms in total. The molecule has 7 aromatic rings. The molecule has 0 amide bonds. The van der Waals surface area contributed by atoms with Crippen molar-refractivity contribution in [3.8, 4) is 44.5 Å². The summed E-state index contributed by atoms with van der Waals surface area (Å²) in [5, 5.41) is 0. The van der Waals surface area contributed by atoms with Crippen molar-refractivity contribution in [3.05, 3.63) is 168 Å². The fourth-order valence-electron chi connectivity index (χ4n) is 7.91. The smallest absolute Gasteiger partial charge is 0.354 e. The Kier molecular flexibility index (Phi) is 10.5. The molecule has 0 spiro atoms. The Bertz CT molecular complexity index is 3140. The lowest BCUT2D eigenvalue weighted by Gasteiger charge is -2.38. The van der Waals surface area contributed by atoms with E-state index in [4.69, 9.17) is 9.97 Å². The van der Waals surface area contributed by atoms with Gasteiger partial charge in [0.15, 0.2) is 0 Å². The van der Waals surface area contributed by atoms with E-state index in [9.17, 15) is 17.6 Å². The lowest BCUT2D eigenvalue weighted by molar-refractivity contribution is -0.389. The number of fused-ring (bicyclic) bond motifs is 8. The van der Waals surface area contributed by atoms with E-state index < -0.39 is 61.3 Å². The summed E-state index contributed by atoms with van der Waals surface area (Å²) in [6, 6.07) is 37.4. The van der Waals surface area contributed by atoms with E-state index in [-0.39, 0.29) is 39.1 Å². The molecule has 5 heterocycles. The van der Waals surface area contributed by atoms with Crippen LogP contribution in [0.4, 0.5) is 43.9 Å². The number of halogens is 11. The molecule has 0 fully saturated rings. The first-order valence-electron chi connectivity index (χ1n) is 19.4. The van der Waals surface area contributed by atoms with Gasteiger partial charge >= 0.3 is 27.6 Å². The molecule has 15 heteroatoms. The number of aromatic nitrogens is 4. The molecule has 4 aromatic carbocycles. The summed E-state index contributed by atoms with van der Waals surface area (Å²) < 4.78 is 149. The van der Waals surface area contributed by atoms with Gasteiger partial charge in [0.1, 0.15) is 0 Å². The third-order valence-electron chi connectivity index (χ3n) is 11.0. The van der Waals surface area contributed by atoms with Crippen LogP contribution in [0.3, 0.4) is 0 Å². The van der Waals surface area contributed by atoms with Crippen LogP contribution in [-0.2, 0) is 5.92 Å². The minimum Gasteiger partial charge on any atom is -0.354 e. The summed E-state index contributed by atoms with van der Waals surface area (Å²) in [4.78, 5) is 16.1. The molecule has 0 unspecified atom stereocenters. The van der Waals surface area contributed by atoms with Gasteiger partial charge in [-0.25, -0.2) is 9.97 Å². The van der Waals surface area contributed by atoms with Gasteiger partial charge in [-0.05, 0) is 64.8 Å². The number of aromatic amines is 2. The molecule has 0 saturated carbocycles. The summed E-state index contributed by atoms with van der Waals surface area (Å²) in [6.45, 7) is 0. The van der Waals surface area contributed by atoms with Crippen LogP contribution in [0, 0.1) is 0 Å². The summed E-state index contributed by atoms with van der Waals surface area (Å²) in [6.07, 6.45) is 6.57. The molecule has 8 bridgehead atoms. The first kappa shape index (κ1) is 42.8. The van der Waals surface area contributed by atoms with Crippen molar-refractivity contribution in [2.24, 2.45) is 0 Å². The zero-order valence-corrected chi connectivity index (χ0v) is 34.8. The van der Waals surface area contributed by atoms with E-state index >= 15 is 26.3 Å². The third-order valence-corrected chi connectivity index (χ3v) is 11.7. The van der Waals surface area contributed by atoms with Crippen molar-refractivity contribution in [2.45, 2.75) is 27.6 Å². The van der Waals surface area contributed by atoms with Gasteiger partial charge in [-0.2, -0.15) is 43.9 Å². The van der Waals surface area contributed by atoms with E-state index in [2.05, 4.69) is 9.97 Å².